The summed E-state index contributed by atoms with van der Waals surface area (Å²) < 4.78 is 20.9. The van der Waals surface area contributed by atoms with Crippen molar-refractivity contribution in [2.45, 2.75) is 6.54 Å². The van der Waals surface area contributed by atoms with Gasteiger partial charge in [0.25, 0.3) is 0 Å². The van der Waals surface area contributed by atoms with Crippen LogP contribution in [-0.2, 0) is 6.54 Å². The zero-order valence-corrected chi connectivity index (χ0v) is 19.1. The predicted molar refractivity (Wildman–Crippen MR) is 131 cm³/mol. The molecule has 0 spiro atoms. The maximum Gasteiger partial charge on any atom is 0.407 e. The average molecular weight is 479 g/mol. The minimum Gasteiger partial charge on any atom is -0.465 e. The van der Waals surface area contributed by atoms with Crippen LogP contribution in [0.25, 0.3) is 20.7 Å². The third kappa shape index (κ3) is 4.66. The number of pyridine rings is 1. The van der Waals surface area contributed by atoms with Crippen molar-refractivity contribution >= 4 is 33.3 Å². The summed E-state index contributed by atoms with van der Waals surface area (Å²) in [5.41, 5.74) is 8.99. The molecule has 9 heteroatoms. The zero-order valence-electron chi connectivity index (χ0n) is 18.3. The fourth-order valence-electron chi connectivity index (χ4n) is 3.99. The van der Waals surface area contributed by atoms with Crippen molar-refractivity contribution in [2.24, 2.45) is 0 Å². The zero-order chi connectivity index (χ0) is 23.7. The van der Waals surface area contributed by atoms with E-state index in [4.69, 9.17) is 15.6 Å². The molecule has 0 saturated carbocycles. The molecular formula is C25H23FN4O3S. The van der Waals surface area contributed by atoms with Crippen molar-refractivity contribution in [3.05, 3.63) is 72.2 Å². The van der Waals surface area contributed by atoms with Gasteiger partial charge in [0.15, 0.2) is 11.6 Å². The smallest absolute Gasteiger partial charge is 0.407 e. The van der Waals surface area contributed by atoms with Crippen molar-refractivity contribution in [1.82, 2.24) is 14.8 Å². The van der Waals surface area contributed by atoms with Gasteiger partial charge in [-0.15, -0.1) is 11.3 Å². The predicted octanol–water partition coefficient (Wildman–Crippen LogP) is 5.27. The van der Waals surface area contributed by atoms with E-state index in [1.54, 1.807) is 29.7 Å². The second-order valence-electron chi connectivity index (χ2n) is 8.17. The van der Waals surface area contributed by atoms with Crippen LogP contribution in [0.4, 0.5) is 14.9 Å². The summed E-state index contributed by atoms with van der Waals surface area (Å²) in [6.45, 7) is 3.31. The number of amides is 1. The highest BCUT2D eigenvalue weighted by Crippen LogP contribution is 2.39. The molecule has 1 fully saturated rings. The summed E-state index contributed by atoms with van der Waals surface area (Å²) in [6.07, 6.45) is 0.797. The Morgan fingerprint density at radius 2 is 1.82 bits per heavy atom. The lowest BCUT2D eigenvalue weighted by Gasteiger charge is -2.33. The minimum absolute atomic E-state index is 0.116. The number of thiophene rings is 1. The highest BCUT2D eigenvalue weighted by atomic mass is 32.1. The van der Waals surface area contributed by atoms with Gasteiger partial charge >= 0.3 is 6.09 Å². The first kappa shape index (κ1) is 22.1. The summed E-state index contributed by atoms with van der Waals surface area (Å²) in [5.74, 6) is 0.147. The number of aromatic nitrogens is 1. The normalized spacial score (nSPS) is 14.4. The second kappa shape index (κ2) is 9.28. The molecule has 2 aromatic carbocycles. The molecule has 7 nitrogen and oxygen atoms in total. The van der Waals surface area contributed by atoms with Crippen LogP contribution < -0.4 is 10.5 Å². The van der Waals surface area contributed by atoms with E-state index in [-0.39, 0.29) is 5.75 Å². The van der Waals surface area contributed by atoms with Crippen molar-refractivity contribution in [1.29, 1.82) is 0 Å². The van der Waals surface area contributed by atoms with Crippen LogP contribution in [0.2, 0.25) is 0 Å². The fourth-order valence-corrected chi connectivity index (χ4v) is 5.06. The van der Waals surface area contributed by atoms with Crippen LogP contribution in [0.3, 0.4) is 0 Å². The molecule has 2 aromatic heterocycles. The molecule has 34 heavy (non-hydrogen) atoms. The van der Waals surface area contributed by atoms with E-state index in [9.17, 15) is 9.18 Å². The topological polar surface area (TPSA) is 91.9 Å². The van der Waals surface area contributed by atoms with E-state index in [0.29, 0.717) is 24.5 Å². The van der Waals surface area contributed by atoms with Crippen LogP contribution >= 0.6 is 11.3 Å². The Hall–Kier alpha value is -3.69. The largest absolute Gasteiger partial charge is 0.465 e. The first-order chi connectivity index (χ1) is 16.5. The highest BCUT2D eigenvalue weighted by molar-refractivity contribution is 7.22. The molecule has 1 amide bonds. The molecule has 1 saturated heterocycles. The number of halogens is 1. The van der Waals surface area contributed by atoms with E-state index in [0.717, 1.165) is 40.3 Å². The number of rotatable bonds is 5. The summed E-state index contributed by atoms with van der Waals surface area (Å²) in [6, 6.07) is 16.4. The van der Waals surface area contributed by atoms with Gasteiger partial charge in [0, 0.05) is 61.6 Å². The number of hydrogen-bond acceptors (Lipinski definition) is 6. The molecule has 0 unspecified atom stereocenters. The molecule has 4 aromatic rings. The quantitative estimate of drug-likeness (QED) is 0.380. The number of ether oxygens (including phenoxy) is 1. The van der Waals surface area contributed by atoms with Crippen LogP contribution in [-0.4, -0.2) is 52.2 Å². The number of anilines is 1. The van der Waals surface area contributed by atoms with Crippen LogP contribution in [0.1, 0.15) is 5.56 Å². The fraction of sp³-hybridized carbons (Fsp3) is 0.200. The first-order valence-electron chi connectivity index (χ1n) is 10.9. The Kier molecular flexibility index (Phi) is 6.04. The lowest BCUT2D eigenvalue weighted by atomic mass is 10.1. The maximum absolute atomic E-state index is 14.2. The SMILES string of the molecule is Nc1ccc(Oc2ccnc3cc(-c4ccc(CN5CCN(C(=O)O)CC5)cc4)sc23)c(F)c1. The number of benzene rings is 2. The van der Waals surface area contributed by atoms with Gasteiger partial charge in [-0.2, -0.15) is 0 Å². The number of carbonyl (C=O) groups is 1. The maximum atomic E-state index is 14.2. The van der Waals surface area contributed by atoms with E-state index in [1.807, 2.05) is 6.07 Å². The van der Waals surface area contributed by atoms with Gasteiger partial charge < -0.3 is 20.5 Å². The standard InChI is InChI=1S/C25H23FN4O3S/c26-19-13-18(27)5-6-21(19)33-22-7-8-28-20-14-23(34-24(20)22)17-3-1-16(2-4-17)15-29-9-11-30(12-10-29)25(31)32/h1-8,13-14H,9-12,15,27H2,(H,31,32). The highest BCUT2D eigenvalue weighted by Gasteiger charge is 2.20. The lowest BCUT2D eigenvalue weighted by Crippen LogP contribution is -2.47. The average Bonchev–Trinajstić information content (AvgIpc) is 3.27. The number of carboxylic acid groups (broad SMARTS) is 1. The van der Waals surface area contributed by atoms with E-state index < -0.39 is 11.9 Å². The molecular weight excluding hydrogens is 455 g/mol. The number of nitrogen functional groups attached to an aromatic ring is 1. The Balaban J connectivity index is 1.32. The van der Waals surface area contributed by atoms with Gasteiger partial charge in [-0.1, -0.05) is 24.3 Å². The van der Waals surface area contributed by atoms with Crippen LogP contribution in [0.5, 0.6) is 11.5 Å². The Bertz CT molecular complexity index is 1330. The van der Waals surface area contributed by atoms with E-state index in [2.05, 4.69) is 34.1 Å². The second-order valence-corrected chi connectivity index (χ2v) is 9.22. The van der Waals surface area contributed by atoms with Crippen molar-refractivity contribution in [3.8, 4) is 21.9 Å². The Labute approximate surface area is 199 Å². The molecule has 174 valence electrons. The van der Waals surface area contributed by atoms with E-state index >= 15 is 0 Å². The van der Waals surface area contributed by atoms with Crippen molar-refractivity contribution < 1.29 is 19.0 Å². The van der Waals surface area contributed by atoms with Gasteiger partial charge in [0.1, 0.15) is 5.75 Å². The van der Waals surface area contributed by atoms with Crippen molar-refractivity contribution in [2.75, 3.05) is 31.9 Å². The third-order valence-electron chi connectivity index (χ3n) is 5.84. The Morgan fingerprint density at radius 3 is 2.53 bits per heavy atom. The molecule has 3 N–H and O–H groups in total. The molecule has 5 rings (SSSR count). The van der Waals surface area contributed by atoms with Crippen LogP contribution in [0.15, 0.2) is 60.8 Å². The molecule has 1 aliphatic heterocycles. The van der Waals surface area contributed by atoms with Crippen molar-refractivity contribution in [3.63, 3.8) is 0 Å². The number of nitrogens with two attached hydrogens (primary N) is 1. The van der Waals surface area contributed by atoms with Gasteiger partial charge in [-0.05, 0) is 29.3 Å². The summed E-state index contributed by atoms with van der Waals surface area (Å²) in [7, 11) is 0. The summed E-state index contributed by atoms with van der Waals surface area (Å²) in [4.78, 5) is 20.3. The molecule has 3 heterocycles. The molecule has 1 aliphatic rings. The van der Waals surface area contributed by atoms with Gasteiger partial charge in [-0.3, -0.25) is 9.88 Å². The van der Waals surface area contributed by atoms with Crippen LogP contribution in [0, 0.1) is 5.82 Å². The lowest BCUT2D eigenvalue weighted by molar-refractivity contribution is 0.103. The number of hydrogen-bond donors (Lipinski definition) is 2. The Morgan fingerprint density at radius 1 is 1.06 bits per heavy atom. The monoisotopic (exact) mass is 478 g/mol. The molecule has 0 aliphatic carbocycles. The molecule has 0 atom stereocenters. The third-order valence-corrected chi connectivity index (χ3v) is 7.03. The number of fused-ring (bicyclic) bond motifs is 1. The van der Waals surface area contributed by atoms with Gasteiger partial charge in [0.2, 0.25) is 0 Å². The number of nitrogens with zero attached hydrogens (tertiary/aromatic N) is 3. The van der Waals surface area contributed by atoms with E-state index in [1.165, 1.54) is 22.6 Å². The van der Waals surface area contributed by atoms with Gasteiger partial charge in [-0.25, -0.2) is 9.18 Å². The van der Waals surface area contributed by atoms with Gasteiger partial charge in [0.05, 0.1) is 10.2 Å². The first-order valence-corrected chi connectivity index (χ1v) is 11.7. The summed E-state index contributed by atoms with van der Waals surface area (Å²) >= 11 is 1.54. The number of piperazine rings is 1. The summed E-state index contributed by atoms with van der Waals surface area (Å²) in [5, 5.41) is 9.09. The minimum atomic E-state index is -0.853. The molecule has 0 bridgehead atoms. The molecule has 0 radical (unpaired) electrons.